The van der Waals surface area contributed by atoms with Gasteiger partial charge in [-0.3, -0.25) is 9.52 Å². The van der Waals surface area contributed by atoms with E-state index < -0.39 is 32.1 Å². The van der Waals surface area contributed by atoms with Crippen LogP contribution in [0.1, 0.15) is 36.7 Å². The fourth-order valence-electron chi connectivity index (χ4n) is 2.22. The molecule has 0 fully saturated rings. The number of sulfonamides is 1. The minimum Gasteiger partial charge on any atom is -0.294 e. The number of benzene rings is 2. The number of nitrogens with one attached hydrogen (secondary N) is 1. The zero-order valence-corrected chi connectivity index (χ0v) is 15.2. The van der Waals surface area contributed by atoms with Crippen molar-refractivity contribution < 1.29 is 26.4 Å². The third-order valence-corrected chi connectivity index (χ3v) is 4.93. The number of Topliss-reactive ketones (excluding diaryl/α,β-unsaturated/α-hetero) is 1. The lowest BCUT2D eigenvalue weighted by Gasteiger charge is -2.19. The van der Waals surface area contributed by atoms with Crippen LogP contribution in [-0.4, -0.2) is 14.2 Å². The highest BCUT2D eigenvalue weighted by molar-refractivity contribution is 7.92. The lowest BCUT2D eigenvalue weighted by molar-refractivity contribution is -0.137. The Kier molecular flexibility index (Phi) is 5.19. The summed E-state index contributed by atoms with van der Waals surface area (Å²) >= 11 is 0. The number of hydrogen-bond donors (Lipinski definition) is 1. The normalized spacial score (nSPS) is 12.7. The van der Waals surface area contributed by atoms with E-state index in [4.69, 9.17) is 0 Å². The smallest absolute Gasteiger partial charge is 0.294 e. The molecule has 2 aromatic carbocycles. The molecule has 0 heterocycles. The number of para-hydroxylation sites is 1. The van der Waals surface area contributed by atoms with E-state index in [-0.39, 0.29) is 17.0 Å². The summed E-state index contributed by atoms with van der Waals surface area (Å²) in [6, 6.07) is 9.40. The zero-order valence-electron chi connectivity index (χ0n) is 14.4. The molecule has 0 unspecified atom stereocenters. The average molecular weight is 385 g/mol. The minimum atomic E-state index is -4.66. The van der Waals surface area contributed by atoms with Crippen molar-refractivity contribution in [2.75, 3.05) is 4.72 Å². The lowest BCUT2D eigenvalue weighted by atomic mass is 9.86. The molecule has 4 nitrogen and oxygen atoms in total. The Hall–Kier alpha value is -2.35. The highest BCUT2D eigenvalue weighted by Gasteiger charge is 2.32. The maximum absolute atomic E-state index is 12.8. The monoisotopic (exact) mass is 385 g/mol. The number of hydrogen-bond acceptors (Lipinski definition) is 3. The molecule has 0 aliphatic carbocycles. The molecule has 2 rings (SSSR count). The standard InChI is InChI=1S/C18H18F3NO3S/c1-17(2,3)16(23)14-9-4-5-10-15(14)22-26(24,25)13-8-6-7-12(11-13)18(19,20)21/h4-11,22H,1-3H3. The SMILES string of the molecule is CC(C)(C)C(=O)c1ccccc1NS(=O)(=O)c1cccc(C(F)(F)F)c1. The van der Waals surface area contributed by atoms with E-state index >= 15 is 0 Å². The molecule has 140 valence electrons. The van der Waals surface area contributed by atoms with Gasteiger partial charge in [0.1, 0.15) is 0 Å². The van der Waals surface area contributed by atoms with Crippen molar-refractivity contribution in [1.82, 2.24) is 0 Å². The Morgan fingerprint density at radius 1 is 0.962 bits per heavy atom. The van der Waals surface area contributed by atoms with Gasteiger partial charge in [0.15, 0.2) is 5.78 Å². The third kappa shape index (κ3) is 4.43. The van der Waals surface area contributed by atoms with Crippen molar-refractivity contribution >= 4 is 21.5 Å². The summed E-state index contributed by atoms with van der Waals surface area (Å²) in [5.41, 5.74) is -1.66. The van der Waals surface area contributed by atoms with Crippen molar-refractivity contribution in [3.63, 3.8) is 0 Å². The summed E-state index contributed by atoms with van der Waals surface area (Å²) < 4.78 is 65.7. The van der Waals surface area contributed by atoms with Crippen molar-refractivity contribution in [1.29, 1.82) is 0 Å². The minimum absolute atomic E-state index is 0.0184. The summed E-state index contributed by atoms with van der Waals surface area (Å²) in [6.45, 7) is 5.06. The van der Waals surface area contributed by atoms with E-state index in [0.717, 1.165) is 18.2 Å². The van der Waals surface area contributed by atoms with Gasteiger partial charge < -0.3 is 0 Å². The number of rotatable bonds is 4. The molecule has 0 atom stereocenters. The molecule has 0 aliphatic heterocycles. The van der Waals surface area contributed by atoms with Crippen LogP contribution in [0.15, 0.2) is 53.4 Å². The molecular weight excluding hydrogens is 367 g/mol. The Balaban J connectivity index is 2.45. The van der Waals surface area contributed by atoms with Crippen LogP contribution in [0.4, 0.5) is 18.9 Å². The molecule has 8 heteroatoms. The fourth-order valence-corrected chi connectivity index (χ4v) is 3.34. The van der Waals surface area contributed by atoms with Gasteiger partial charge in [-0.1, -0.05) is 39.0 Å². The first-order valence-electron chi connectivity index (χ1n) is 7.66. The Morgan fingerprint density at radius 2 is 1.58 bits per heavy atom. The van der Waals surface area contributed by atoms with Gasteiger partial charge >= 0.3 is 6.18 Å². The van der Waals surface area contributed by atoms with Crippen molar-refractivity contribution in [3.05, 3.63) is 59.7 Å². The van der Waals surface area contributed by atoms with Crippen LogP contribution < -0.4 is 4.72 Å². The number of carbonyl (C=O) groups is 1. The summed E-state index contributed by atoms with van der Waals surface area (Å²) in [6.07, 6.45) is -4.66. The molecule has 0 amide bonds. The molecule has 0 aliphatic rings. The van der Waals surface area contributed by atoms with Crippen LogP contribution in [0.25, 0.3) is 0 Å². The Morgan fingerprint density at radius 3 is 2.15 bits per heavy atom. The van der Waals surface area contributed by atoms with Gasteiger partial charge in [-0.2, -0.15) is 13.2 Å². The highest BCUT2D eigenvalue weighted by atomic mass is 32.2. The highest BCUT2D eigenvalue weighted by Crippen LogP contribution is 2.32. The van der Waals surface area contributed by atoms with Gasteiger partial charge in [0, 0.05) is 11.0 Å². The summed E-state index contributed by atoms with van der Waals surface area (Å²) in [7, 11) is -4.30. The van der Waals surface area contributed by atoms with Gasteiger partial charge in [-0.05, 0) is 30.3 Å². The fraction of sp³-hybridized carbons (Fsp3) is 0.278. The Labute approximate surface area is 150 Å². The van der Waals surface area contributed by atoms with E-state index in [1.165, 1.54) is 18.2 Å². The van der Waals surface area contributed by atoms with Crippen LogP contribution in [0, 0.1) is 5.41 Å². The van der Waals surface area contributed by atoms with Crippen LogP contribution >= 0.6 is 0 Å². The maximum Gasteiger partial charge on any atom is 0.416 e. The van der Waals surface area contributed by atoms with Crippen LogP contribution in [0.3, 0.4) is 0 Å². The number of anilines is 1. The van der Waals surface area contributed by atoms with Crippen LogP contribution in [0.5, 0.6) is 0 Å². The predicted molar refractivity (Wildman–Crippen MR) is 92.5 cm³/mol. The van der Waals surface area contributed by atoms with Gasteiger partial charge in [-0.25, -0.2) is 8.42 Å². The number of carbonyl (C=O) groups excluding carboxylic acids is 1. The molecular formula is C18H18F3NO3S. The molecule has 0 radical (unpaired) electrons. The zero-order chi connectivity index (χ0) is 19.8. The predicted octanol–water partition coefficient (Wildman–Crippen LogP) is 4.74. The van der Waals surface area contributed by atoms with E-state index in [1.54, 1.807) is 26.8 Å². The van der Waals surface area contributed by atoms with E-state index in [9.17, 15) is 26.4 Å². The first-order valence-corrected chi connectivity index (χ1v) is 9.14. The van der Waals surface area contributed by atoms with E-state index in [0.29, 0.717) is 6.07 Å². The number of alkyl halides is 3. The second-order valence-corrected chi connectivity index (χ2v) is 8.44. The van der Waals surface area contributed by atoms with Gasteiger partial charge in [-0.15, -0.1) is 0 Å². The number of ketones is 1. The third-order valence-electron chi connectivity index (χ3n) is 3.57. The van der Waals surface area contributed by atoms with Crippen LogP contribution in [-0.2, 0) is 16.2 Å². The molecule has 0 aromatic heterocycles. The second kappa shape index (κ2) is 6.75. The maximum atomic E-state index is 12.8. The van der Waals surface area contributed by atoms with Crippen molar-refractivity contribution in [2.24, 2.45) is 5.41 Å². The van der Waals surface area contributed by atoms with Gasteiger partial charge in [0.05, 0.1) is 16.1 Å². The first kappa shape index (κ1) is 20.0. The van der Waals surface area contributed by atoms with Gasteiger partial charge in [0.2, 0.25) is 0 Å². The van der Waals surface area contributed by atoms with Gasteiger partial charge in [0.25, 0.3) is 10.0 Å². The molecule has 1 N–H and O–H groups in total. The average Bonchev–Trinajstić information content (AvgIpc) is 2.53. The molecule has 2 aromatic rings. The van der Waals surface area contributed by atoms with E-state index in [1.807, 2.05) is 0 Å². The largest absolute Gasteiger partial charge is 0.416 e. The topological polar surface area (TPSA) is 63.2 Å². The second-order valence-electron chi connectivity index (χ2n) is 6.76. The molecule has 0 saturated heterocycles. The molecule has 0 bridgehead atoms. The number of halogens is 3. The Bertz CT molecular complexity index is 929. The van der Waals surface area contributed by atoms with E-state index in [2.05, 4.69) is 4.72 Å². The molecule has 0 saturated carbocycles. The van der Waals surface area contributed by atoms with Crippen LogP contribution in [0.2, 0.25) is 0 Å². The van der Waals surface area contributed by atoms with Crippen molar-refractivity contribution in [2.45, 2.75) is 31.8 Å². The van der Waals surface area contributed by atoms with Crippen molar-refractivity contribution in [3.8, 4) is 0 Å². The molecule has 26 heavy (non-hydrogen) atoms. The lowest BCUT2D eigenvalue weighted by Crippen LogP contribution is -2.23. The first-order chi connectivity index (χ1) is 11.8. The summed E-state index contributed by atoms with van der Waals surface area (Å²) in [5, 5.41) is 0. The summed E-state index contributed by atoms with van der Waals surface area (Å²) in [5.74, 6) is -0.292. The quantitative estimate of drug-likeness (QED) is 0.774. The molecule has 0 spiro atoms. The summed E-state index contributed by atoms with van der Waals surface area (Å²) in [4.78, 5) is 12.0.